The lowest BCUT2D eigenvalue weighted by Crippen LogP contribution is -2.19. The van der Waals surface area contributed by atoms with E-state index in [1.54, 1.807) is 48.5 Å². The number of aromatic nitrogens is 3. The number of rotatable bonds is 9. The van der Waals surface area contributed by atoms with E-state index in [9.17, 15) is 9.59 Å². The van der Waals surface area contributed by atoms with Gasteiger partial charge in [0.25, 0.3) is 5.91 Å². The first-order chi connectivity index (χ1) is 14.5. The first kappa shape index (κ1) is 21.7. The van der Waals surface area contributed by atoms with Crippen LogP contribution in [0.1, 0.15) is 23.1 Å². The monoisotopic (exact) mass is 445 g/mol. The van der Waals surface area contributed by atoms with Gasteiger partial charge in [0, 0.05) is 11.6 Å². The van der Waals surface area contributed by atoms with Gasteiger partial charge in [-0.25, -0.2) is 0 Å². The van der Waals surface area contributed by atoms with Crippen LogP contribution < -0.4 is 15.8 Å². The third-order valence-corrected chi connectivity index (χ3v) is 5.31. The predicted molar refractivity (Wildman–Crippen MR) is 116 cm³/mol. The first-order valence-electron chi connectivity index (χ1n) is 9.10. The Labute approximate surface area is 182 Å². The van der Waals surface area contributed by atoms with E-state index in [1.807, 2.05) is 11.5 Å². The number of hydrogen-bond donors (Lipinski definition) is 2. The van der Waals surface area contributed by atoms with Crippen molar-refractivity contribution in [2.45, 2.75) is 25.2 Å². The Balaban J connectivity index is 1.60. The van der Waals surface area contributed by atoms with E-state index in [2.05, 4.69) is 15.5 Å². The maximum Gasteiger partial charge on any atom is 0.250 e. The molecule has 0 aliphatic heterocycles. The number of nitrogens with zero attached hydrogens (tertiary/aromatic N) is 3. The average molecular weight is 446 g/mol. The molecule has 0 unspecified atom stereocenters. The highest BCUT2D eigenvalue weighted by molar-refractivity contribution is 7.99. The molecule has 0 saturated carbocycles. The number of anilines is 1. The molecule has 0 atom stereocenters. The minimum atomic E-state index is -0.602. The molecule has 1 aromatic heterocycles. The molecule has 3 rings (SSSR count). The molecule has 0 radical (unpaired) electrons. The lowest BCUT2D eigenvalue weighted by atomic mass is 10.1. The molecule has 8 nitrogen and oxygen atoms in total. The summed E-state index contributed by atoms with van der Waals surface area (Å²) in [6.07, 6.45) is 0. The number of primary amides is 1. The van der Waals surface area contributed by atoms with Gasteiger partial charge in [0.1, 0.15) is 12.4 Å². The maximum absolute atomic E-state index is 12.3. The van der Waals surface area contributed by atoms with Crippen molar-refractivity contribution in [3.05, 3.63) is 64.9 Å². The molecule has 3 N–H and O–H groups in total. The van der Waals surface area contributed by atoms with Crippen LogP contribution in [0.25, 0.3) is 0 Å². The molecule has 0 spiro atoms. The number of halogens is 1. The van der Waals surface area contributed by atoms with Gasteiger partial charge >= 0.3 is 0 Å². The predicted octanol–water partition coefficient (Wildman–Crippen LogP) is 3.36. The SMILES string of the molecule is CCn1c(COc2ccc(Cl)cc2)nnc1SCC(=O)Nc1ccccc1C(N)=O. The van der Waals surface area contributed by atoms with Crippen molar-refractivity contribution in [1.82, 2.24) is 14.8 Å². The number of carbonyl (C=O) groups is 2. The van der Waals surface area contributed by atoms with E-state index in [1.165, 1.54) is 11.8 Å². The van der Waals surface area contributed by atoms with Crippen molar-refractivity contribution in [3.63, 3.8) is 0 Å². The normalized spacial score (nSPS) is 10.6. The molecule has 3 aromatic rings. The minimum absolute atomic E-state index is 0.100. The van der Waals surface area contributed by atoms with E-state index >= 15 is 0 Å². The first-order valence-corrected chi connectivity index (χ1v) is 10.5. The highest BCUT2D eigenvalue weighted by Gasteiger charge is 2.15. The number of carbonyl (C=O) groups excluding carboxylic acids is 2. The topological polar surface area (TPSA) is 112 Å². The van der Waals surface area contributed by atoms with Crippen molar-refractivity contribution in [3.8, 4) is 5.75 Å². The zero-order valence-electron chi connectivity index (χ0n) is 16.2. The number of amides is 2. The van der Waals surface area contributed by atoms with Crippen LogP contribution >= 0.6 is 23.4 Å². The molecular weight excluding hydrogens is 426 g/mol. The van der Waals surface area contributed by atoms with Crippen LogP contribution in [0, 0.1) is 0 Å². The quantitative estimate of drug-likeness (QED) is 0.488. The third kappa shape index (κ3) is 5.52. The van der Waals surface area contributed by atoms with Gasteiger partial charge in [-0.05, 0) is 43.3 Å². The van der Waals surface area contributed by atoms with Gasteiger partial charge < -0.3 is 20.4 Å². The average Bonchev–Trinajstić information content (AvgIpc) is 3.14. The van der Waals surface area contributed by atoms with Crippen molar-refractivity contribution >= 4 is 40.9 Å². The zero-order valence-corrected chi connectivity index (χ0v) is 17.7. The van der Waals surface area contributed by atoms with E-state index < -0.39 is 5.91 Å². The third-order valence-electron chi connectivity index (χ3n) is 4.09. The van der Waals surface area contributed by atoms with E-state index in [0.717, 1.165) is 0 Å². The Morgan fingerprint density at radius 3 is 2.60 bits per heavy atom. The molecule has 0 saturated heterocycles. The fraction of sp³-hybridized carbons (Fsp3) is 0.200. The van der Waals surface area contributed by atoms with E-state index in [4.69, 9.17) is 22.1 Å². The molecular formula is C20H20ClN5O3S. The molecule has 2 aromatic carbocycles. The fourth-order valence-electron chi connectivity index (χ4n) is 2.65. The van der Waals surface area contributed by atoms with Gasteiger partial charge in [-0.2, -0.15) is 0 Å². The summed E-state index contributed by atoms with van der Waals surface area (Å²) in [6.45, 7) is 2.82. The maximum atomic E-state index is 12.3. The van der Waals surface area contributed by atoms with Crippen molar-refractivity contribution in [2.24, 2.45) is 5.73 Å². The number of nitrogens with one attached hydrogen (secondary N) is 1. The molecule has 1 heterocycles. The summed E-state index contributed by atoms with van der Waals surface area (Å²) in [6, 6.07) is 13.6. The number of hydrogen-bond acceptors (Lipinski definition) is 6. The van der Waals surface area contributed by atoms with Crippen LogP contribution in [0.3, 0.4) is 0 Å². The van der Waals surface area contributed by atoms with Crippen molar-refractivity contribution in [1.29, 1.82) is 0 Å². The van der Waals surface area contributed by atoms with Crippen molar-refractivity contribution < 1.29 is 14.3 Å². The summed E-state index contributed by atoms with van der Waals surface area (Å²) < 4.78 is 7.61. The molecule has 156 valence electrons. The Morgan fingerprint density at radius 1 is 1.17 bits per heavy atom. The van der Waals surface area contributed by atoms with Gasteiger partial charge in [-0.15, -0.1) is 10.2 Å². The van der Waals surface area contributed by atoms with Crippen LogP contribution in [0.2, 0.25) is 5.02 Å². The molecule has 0 bridgehead atoms. The summed E-state index contributed by atoms with van der Waals surface area (Å²) in [4.78, 5) is 23.8. The van der Waals surface area contributed by atoms with Gasteiger partial charge in [0.05, 0.1) is 17.0 Å². The molecule has 10 heteroatoms. The molecule has 0 aliphatic rings. The lowest BCUT2D eigenvalue weighted by molar-refractivity contribution is -0.113. The minimum Gasteiger partial charge on any atom is -0.486 e. The summed E-state index contributed by atoms with van der Waals surface area (Å²) in [7, 11) is 0. The highest BCUT2D eigenvalue weighted by Crippen LogP contribution is 2.21. The van der Waals surface area contributed by atoms with Crippen LogP contribution in [0.4, 0.5) is 5.69 Å². The number of thioether (sulfide) groups is 1. The van der Waals surface area contributed by atoms with Crippen LogP contribution in [0.5, 0.6) is 5.75 Å². The molecule has 2 amide bonds. The Morgan fingerprint density at radius 2 is 1.90 bits per heavy atom. The van der Waals surface area contributed by atoms with Gasteiger partial charge in [0.2, 0.25) is 5.91 Å². The van der Waals surface area contributed by atoms with Gasteiger partial charge in [-0.1, -0.05) is 35.5 Å². The van der Waals surface area contributed by atoms with Gasteiger partial charge in [-0.3, -0.25) is 9.59 Å². The van der Waals surface area contributed by atoms with Crippen molar-refractivity contribution in [2.75, 3.05) is 11.1 Å². The lowest BCUT2D eigenvalue weighted by Gasteiger charge is -2.10. The largest absolute Gasteiger partial charge is 0.486 e. The molecule has 30 heavy (non-hydrogen) atoms. The van der Waals surface area contributed by atoms with Gasteiger partial charge in [0.15, 0.2) is 11.0 Å². The Kier molecular flexibility index (Phi) is 7.31. The molecule has 0 fully saturated rings. The summed E-state index contributed by atoms with van der Waals surface area (Å²) in [5, 5.41) is 12.3. The Hall–Kier alpha value is -3.04. The Bertz CT molecular complexity index is 1040. The fourth-order valence-corrected chi connectivity index (χ4v) is 3.60. The number of nitrogens with two attached hydrogens (primary N) is 1. The van der Waals surface area contributed by atoms with Crippen LogP contribution in [-0.2, 0) is 17.9 Å². The smallest absolute Gasteiger partial charge is 0.250 e. The number of ether oxygens (including phenoxy) is 1. The van der Waals surface area contributed by atoms with E-state index in [-0.39, 0.29) is 23.8 Å². The summed E-state index contributed by atoms with van der Waals surface area (Å²) in [5.41, 5.74) is 5.98. The van der Waals surface area contributed by atoms with Crippen LogP contribution in [-0.4, -0.2) is 32.3 Å². The second kappa shape index (κ2) is 10.1. The number of para-hydroxylation sites is 1. The zero-order chi connectivity index (χ0) is 21.5. The highest BCUT2D eigenvalue weighted by atomic mass is 35.5. The summed E-state index contributed by atoms with van der Waals surface area (Å²) >= 11 is 7.12. The second-order valence-electron chi connectivity index (χ2n) is 6.13. The standard InChI is InChI=1S/C20H20ClN5O3S/c1-2-26-17(11-29-14-9-7-13(21)8-10-14)24-25-20(26)30-12-18(27)23-16-6-4-3-5-15(16)19(22)28/h3-10H,2,11-12H2,1H3,(H2,22,28)(H,23,27). The molecule has 0 aliphatic carbocycles. The summed E-state index contributed by atoms with van der Waals surface area (Å²) in [5.74, 6) is 0.539. The number of benzene rings is 2. The van der Waals surface area contributed by atoms with E-state index in [0.29, 0.717) is 34.0 Å². The van der Waals surface area contributed by atoms with Crippen LogP contribution in [0.15, 0.2) is 53.7 Å². The second-order valence-corrected chi connectivity index (χ2v) is 7.51.